The number of esters is 1. The summed E-state index contributed by atoms with van der Waals surface area (Å²) in [6, 6.07) is 11.6. The van der Waals surface area contributed by atoms with Crippen molar-refractivity contribution in [2.24, 2.45) is 5.92 Å². The third kappa shape index (κ3) is 3.88. The zero-order valence-electron chi connectivity index (χ0n) is 24.1. The Labute approximate surface area is 236 Å². The van der Waals surface area contributed by atoms with E-state index in [1.54, 1.807) is 12.1 Å². The average molecular weight is 545 g/mol. The standard InChI is InChI=1S/C33H40N2O5/c1-20(2)19-35(28(38)12-9-23-8-6-7-21(3)17-23)25-13-14-33(40-22(4)36)27-18-24-10-11-26(37)30-29(24)32(33,31(25)39-30)15-16-34(27)5/h6-12,17,20,25,27,31,37H,13-16,18-19H2,1-5H3/t25-,27-,31+,32+,33-/m1/s1. The number of aryl methyl sites for hydroxylation is 1. The number of likely N-dealkylation sites (tertiary alicyclic amines) is 1. The minimum atomic E-state index is -0.789. The van der Waals surface area contributed by atoms with Gasteiger partial charge < -0.3 is 19.5 Å². The van der Waals surface area contributed by atoms with Crippen LogP contribution in [0.4, 0.5) is 0 Å². The number of aromatic hydroxyl groups is 1. The molecule has 4 aliphatic rings. The highest BCUT2D eigenvalue weighted by Gasteiger charge is 2.75. The highest BCUT2D eigenvalue weighted by Crippen LogP contribution is 2.67. The molecule has 2 aliphatic heterocycles. The van der Waals surface area contributed by atoms with Gasteiger partial charge in [-0.3, -0.25) is 14.5 Å². The van der Waals surface area contributed by atoms with Gasteiger partial charge >= 0.3 is 5.97 Å². The number of rotatable bonds is 6. The Morgan fingerprint density at radius 1 is 1.25 bits per heavy atom. The fourth-order valence-corrected chi connectivity index (χ4v) is 8.30. The second-order valence-corrected chi connectivity index (χ2v) is 12.6. The van der Waals surface area contributed by atoms with Crippen molar-refractivity contribution in [2.75, 3.05) is 20.1 Å². The molecule has 5 atom stereocenters. The molecular weight excluding hydrogens is 504 g/mol. The Kier molecular flexibility index (Phi) is 6.49. The van der Waals surface area contributed by atoms with E-state index in [0.717, 1.165) is 41.6 Å². The molecule has 7 nitrogen and oxygen atoms in total. The lowest BCUT2D eigenvalue weighted by molar-refractivity contribution is -0.221. The first kappa shape index (κ1) is 26.9. The third-order valence-corrected chi connectivity index (χ3v) is 9.69. The van der Waals surface area contributed by atoms with Crippen molar-refractivity contribution in [3.63, 3.8) is 0 Å². The van der Waals surface area contributed by atoms with E-state index in [9.17, 15) is 14.7 Å². The molecule has 0 aromatic heterocycles. The van der Waals surface area contributed by atoms with E-state index in [4.69, 9.17) is 9.47 Å². The number of phenols is 1. The highest BCUT2D eigenvalue weighted by molar-refractivity contribution is 5.92. The van der Waals surface area contributed by atoms with Crippen LogP contribution in [0.5, 0.6) is 11.5 Å². The molecule has 2 aromatic carbocycles. The number of likely N-dealkylation sites (N-methyl/N-ethyl adjacent to an activating group) is 1. The van der Waals surface area contributed by atoms with Crippen LogP contribution in [0.25, 0.3) is 6.08 Å². The molecular formula is C33H40N2O5. The number of amides is 1. The summed E-state index contributed by atoms with van der Waals surface area (Å²) in [6.07, 6.45) is 5.84. The van der Waals surface area contributed by atoms with Gasteiger partial charge in [-0.15, -0.1) is 0 Å². The summed E-state index contributed by atoms with van der Waals surface area (Å²) in [5.74, 6) is 0.502. The first-order chi connectivity index (χ1) is 19.1. The number of hydrogen-bond donors (Lipinski definition) is 1. The quantitative estimate of drug-likeness (QED) is 0.422. The topological polar surface area (TPSA) is 79.3 Å². The molecule has 7 heteroatoms. The van der Waals surface area contributed by atoms with Crippen molar-refractivity contribution in [2.45, 2.75) is 82.6 Å². The summed E-state index contributed by atoms with van der Waals surface area (Å²) in [5, 5.41) is 11.0. The number of piperidine rings is 1. The maximum absolute atomic E-state index is 13.9. The van der Waals surface area contributed by atoms with Gasteiger partial charge in [-0.1, -0.05) is 49.7 Å². The lowest BCUT2D eigenvalue weighted by Crippen LogP contribution is -2.79. The van der Waals surface area contributed by atoms with Crippen LogP contribution in [-0.4, -0.2) is 70.7 Å². The first-order valence-electron chi connectivity index (χ1n) is 14.5. The van der Waals surface area contributed by atoms with Crippen molar-refractivity contribution in [3.8, 4) is 11.5 Å². The lowest BCUT2D eigenvalue weighted by atomic mass is 9.48. The maximum atomic E-state index is 13.9. The SMILES string of the molecule is CC(=O)O[C@@]12CC[C@@H](N(CC(C)C)C(=O)C=Cc3cccc(C)c3)[C@@H]3Oc4c(O)ccc5c4[C@@]31CCN(C)[C@@H]2C5. The van der Waals surface area contributed by atoms with Crippen LogP contribution in [0.1, 0.15) is 62.3 Å². The monoisotopic (exact) mass is 544 g/mol. The van der Waals surface area contributed by atoms with Crippen molar-refractivity contribution in [1.82, 2.24) is 9.80 Å². The second kappa shape index (κ2) is 9.65. The molecule has 6 rings (SSSR count). The maximum Gasteiger partial charge on any atom is 0.303 e. The van der Waals surface area contributed by atoms with Crippen LogP contribution in [0.2, 0.25) is 0 Å². The van der Waals surface area contributed by atoms with E-state index >= 15 is 0 Å². The summed E-state index contributed by atoms with van der Waals surface area (Å²) in [4.78, 5) is 30.9. The predicted molar refractivity (Wildman–Crippen MR) is 153 cm³/mol. The number of nitrogens with zero attached hydrogens (tertiary/aromatic N) is 2. The average Bonchev–Trinajstić information content (AvgIpc) is 3.25. The minimum absolute atomic E-state index is 0.00402. The van der Waals surface area contributed by atoms with Crippen LogP contribution in [0.3, 0.4) is 0 Å². The lowest BCUT2D eigenvalue weighted by Gasteiger charge is -2.65. The Morgan fingerprint density at radius 2 is 2.05 bits per heavy atom. The van der Waals surface area contributed by atoms with E-state index < -0.39 is 17.1 Å². The summed E-state index contributed by atoms with van der Waals surface area (Å²) in [6.45, 7) is 9.17. The zero-order chi connectivity index (χ0) is 28.4. The zero-order valence-corrected chi connectivity index (χ0v) is 24.1. The van der Waals surface area contributed by atoms with E-state index in [2.05, 4.69) is 31.9 Å². The van der Waals surface area contributed by atoms with E-state index in [0.29, 0.717) is 25.1 Å². The largest absolute Gasteiger partial charge is 0.504 e. The number of phenolic OH excluding ortho intramolecular Hbond substituents is 1. The van der Waals surface area contributed by atoms with Gasteiger partial charge in [-0.25, -0.2) is 0 Å². The van der Waals surface area contributed by atoms with Crippen LogP contribution in [-0.2, 0) is 26.2 Å². The van der Waals surface area contributed by atoms with Crippen LogP contribution in [0, 0.1) is 12.8 Å². The van der Waals surface area contributed by atoms with Gasteiger partial charge in [0.2, 0.25) is 5.91 Å². The molecule has 1 saturated carbocycles. The van der Waals surface area contributed by atoms with Crippen LogP contribution < -0.4 is 4.74 Å². The Balaban J connectivity index is 1.46. The molecule has 2 heterocycles. The molecule has 212 valence electrons. The van der Waals surface area contributed by atoms with Crippen molar-refractivity contribution in [3.05, 3.63) is 64.7 Å². The van der Waals surface area contributed by atoms with Gasteiger partial charge in [0.15, 0.2) is 11.5 Å². The van der Waals surface area contributed by atoms with Crippen LogP contribution >= 0.6 is 0 Å². The Morgan fingerprint density at radius 3 is 2.77 bits per heavy atom. The van der Waals surface area contributed by atoms with Crippen molar-refractivity contribution in [1.29, 1.82) is 0 Å². The molecule has 2 bridgehead atoms. The number of carbonyl (C=O) groups excluding carboxylic acids is 2. The first-order valence-corrected chi connectivity index (χ1v) is 14.5. The predicted octanol–water partition coefficient (Wildman–Crippen LogP) is 4.62. The highest BCUT2D eigenvalue weighted by atomic mass is 16.6. The summed E-state index contributed by atoms with van der Waals surface area (Å²) >= 11 is 0. The summed E-state index contributed by atoms with van der Waals surface area (Å²) in [5.41, 5.74) is 2.82. The molecule has 2 aliphatic carbocycles. The van der Waals surface area contributed by atoms with Gasteiger partial charge in [0.25, 0.3) is 0 Å². The van der Waals surface area contributed by atoms with Gasteiger partial charge in [0.05, 0.1) is 17.5 Å². The number of ether oxygens (including phenoxy) is 2. The smallest absolute Gasteiger partial charge is 0.303 e. The fourth-order valence-electron chi connectivity index (χ4n) is 8.30. The Bertz CT molecular complexity index is 1380. The minimum Gasteiger partial charge on any atom is -0.504 e. The normalized spacial score (nSPS) is 30.2. The molecule has 0 unspecified atom stereocenters. The van der Waals surface area contributed by atoms with Crippen molar-refractivity contribution < 1.29 is 24.2 Å². The molecule has 2 aromatic rings. The second-order valence-electron chi connectivity index (χ2n) is 12.6. The van der Waals surface area contributed by atoms with E-state index in [1.165, 1.54) is 6.92 Å². The Hall–Kier alpha value is -3.32. The third-order valence-electron chi connectivity index (χ3n) is 9.69. The number of hydrogen-bond acceptors (Lipinski definition) is 6. The van der Waals surface area contributed by atoms with E-state index in [-0.39, 0.29) is 35.6 Å². The van der Waals surface area contributed by atoms with Gasteiger partial charge in [0.1, 0.15) is 11.7 Å². The number of benzene rings is 2. The van der Waals surface area contributed by atoms with Gasteiger partial charge in [-0.05, 0) is 75.4 Å². The molecule has 1 saturated heterocycles. The summed E-state index contributed by atoms with van der Waals surface area (Å²) in [7, 11) is 2.11. The molecule has 1 spiro atoms. The van der Waals surface area contributed by atoms with Gasteiger partial charge in [-0.2, -0.15) is 0 Å². The molecule has 1 N–H and O–H groups in total. The van der Waals surface area contributed by atoms with Crippen molar-refractivity contribution >= 4 is 18.0 Å². The van der Waals surface area contributed by atoms with Crippen LogP contribution in [0.15, 0.2) is 42.5 Å². The number of carbonyl (C=O) groups is 2. The molecule has 40 heavy (non-hydrogen) atoms. The van der Waals surface area contributed by atoms with Gasteiger partial charge in [0, 0.05) is 25.1 Å². The molecule has 2 fully saturated rings. The van der Waals surface area contributed by atoms with E-state index in [1.807, 2.05) is 42.2 Å². The fraction of sp³-hybridized carbons (Fsp3) is 0.515. The molecule has 0 radical (unpaired) electrons. The summed E-state index contributed by atoms with van der Waals surface area (Å²) < 4.78 is 13.2. The molecule has 1 amide bonds.